The summed E-state index contributed by atoms with van der Waals surface area (Å²) < 4.78 is 5.73. The zero-order valence-corrected chi connectivity index (χ0v) is 33.3. The number of amides is 3. The molecule has 1 unspecified atom stereocenters. The van der Waals surface area contributed by atoms with Gasteiger partial charge in [-0.05, 0) is 68.8 Å². The molecule has 296 valence electrons. The molecule has 3 amide bonds. The number of nitrogens with one attached hydrogen (secondary N) is 3. The van der Waals surface area contributed by atoms with Crippen molar-refractivity contribution in [2.24, 2.45) is 17.8 Å². The summed E-state index contributed by atoms with van der Waals surface area (Å²) in [4.78, 5) is 70.6. The third-order valence-corrected chi connectivity index (χ3v) is 10.4. The molecule has 0 bridgehead atoms. The average Bonchev–Trinajstić information content (AvgIpc) is 3.60. The number of hydrogen-bond acceptors (Lipinski definition) is 11. The number of phenols is 1. The lowest BCUT2D eigenvalue weighted by atomic mass is 9.93. The molecule has 53 heavy (non-hydrogen) atoms. The summed E-state index contributed by atoms with van der Waals surface area (Å²) in [5, 5.41) is 30.3. The summed E-state index contributed by atoms with van der Waals surface area (Å²) in [5.41, 5.74) is 6.79. The molecule has 1 aromatic heterocycles. The van der Waals surface area contributed by atoms with Crippen LogP contribution < -0.4 is 21.7 Å². The number of carboxylic acids is 1. The Morgan fingerprint density at radius 1 is 1.04 bits per heavy atom. The molecule has 0 saturated heterocycles. The highest BCUT2D eigenvalue weighted by Crippen LogP contribution is 2.31. The van der Waals surface area contributed by atoms with Gasteiger partial charge in [0.15, 0.2) is 6.10 Å². The number of ether oxygens (including phenoxy) is 1. The minimum absolute atomic E-state index is 0.0661. The van der Waals surface area contributed by atoms with Gasteiger partial charge in [0.1, 0.15) is 22.5 Å². The summed E-state index contributed by atoms with van der Waals surface area (Å²) >= 11 is 1.14. The Bertz CT molecular complexity index is 1520. The standard InChI is InChI=1S/C38H60N6O8S/c1-9-23(4)34(43-33(47)13-11-10-12-16-40-7)37(49)44(8)30(22(2)3)20-32(52-25(6)45)36-42-29(21-53-36)35(48)41-27(17-24(5)38(50)51)18-26-14-15-31(46)28(39)19-26/h14-15,19,21-24,27,30,32,34,40,46H,9-13,16-18,20,39H2,1-8H3,(H,41,48)(H,43,47)(H,50,51)/t23-,24?,27+,30+,32+,34-/m0/s1. The number of carboxylic acid groups (broad SMARTS) is 1. The van der Waals surface area contributed by atoms with Crippen LogP contribution in [0.2, 0.25) is 0 Å². The van der Waals surface area contributed by atoms with Gasteiger partial charge in [-0.3, -0.25) is 24.0 Å². The number of rotatable bonds is 23. The van der Waals surface area contributed by atoms with Gasteiger partial charge < -0.3 is 41.5 Å². The predicted molar refractivity (Wildman–Crippen MR) is 205 cm³/mol. The van der Waals surface area contributed by atoms with Crippen LogP contribution in [0.4, 0.5) is 5.69 Å². The first-order chi connectivity index (χ1) is 25.0. The average molecular weight is 761 g/mol. The molecule has 2 rings (SSSR count). The second-order valence-electron chi connectivity index (χ2n) is 14.3. The van der Waals surface area contributed by atoms with E-state index in [1.54, 1.807) is 36.4 Å². The number of benzene rings is 1. The van der Waals surface area contributed by atoms with E-state index < -0.39 is 48.0 Å². The van der Waals surface area contributed by atoms with Gasteiger partial charge in [0.05, 0.1) is 11.6 Å². The highest BCUT2D eigenvalue weighted by Gasteiger charge is 2.35. The number of phenolic OH excluding ortho intramolecular Hbond substituents is 1. The Balaban J connectivity index is 2.28. The number of nitrogens with zero attached hydrogens (tertiary/aromatic N) is 2. The number of unbranched alkanes of at least 4 members (excludes halogenated alkanes) is 2. The number of carbonyl (C=O) groups is 5. The monoisotopic (exact) mass is 760 g/mol. The molecule has 0 spiro atoms. The van der Waals surface area contributed by atoms with E-state index in [0.29, 0.717) is 23.4 Å². The first-order valence-electron chi connectivity index (χ1n) is 18.4. The van der Waals surface area contributed by atoms with Crippen LogP contribution in [0.25, 0.3) is 0 Å². The number of aromatic hydroxyl groups is 1. The lowest BCUT2D eigenvalue weighted by Crippen LogP contribution is -2.54. The summed E-state index contributed by atoms with van der Waals surface area (Å²) in [6.45, 7) is 11.5. The first-order valence-corrected chi connectivity index (χ1v) is 19.3. The van der Waals surface area contributed by atoms with Gasteiger partial charge in [0, 0.05) is 44.3 Å². The van der Waals surface area contributed by atoms with Crippen molar-refractivity contribution in [3.05, 3.63) is 39.8 Å². The van der Waals surface area contributed by atoms with Gasteiger partial charge in [0.25, 0.3) is 5.91 Å². The number of hydrogen-bond donors (Lipinski definition) is 6. The highest BCUT2D eigenvalue weighted by atomic mass is 32.1. The molecule has 0 aliphatic carbocycles. The Hall–Kier alpha value is -4.24. The molecule has 1 heterocycles. The number of thiazole rings is 1. The van der Waals surface area contributed by atoms with E-state index >= 15 is 0 Å². The number of nitrogen functional groups attached to an aromatic ring is 1. The van der Waals surface area contributed by atoms with Crippen molar-refractivity contribution in [3.8, 4) is 5.75 Å². The van der Waals surface area contributed by atoms with Gasteiger partial charge >= 0.3 is 11.9 Å². The largest absolute Gasteiger partial charge is 0.506 e. The molecule has 7 N–H and O–H groups in total. The van der Waals surface area contributed by atoms with Crippen molar-refractivity contribution < 1.29 is 38.9 Å². The molecule has 0 aliphatic heterocycles. The van der Waals surface area contributed by atoms with Crippen LogP contribution in [0.3, 0.4) is 0 Å². The van der Waals surface area contributed by atoms with Crippen molar-refractivity contribution in [2.45, 2.75) is 117 Å². The first kappa shape index (κ1) is 44.9. The summed E-state index contributed by atoms with van der Waals surface area (Å²) in [7, 11) is 3.58. The molecule has 0 fully saturated rings. The maximum Gasteiger partial charge on any atom is 0.306 e. The second kappa shape index (κ2) is 22.1. The zero-order chi connectivity index (χ0) is 39.8. The maximum absolute atomic E-state index is 14.0. The third kappa shape index (κ3) is 14.6. The Kier molecular flexibility index (Phi) is 18.7. The molecule has 0 aliphatic rings. The van der Waals surface area contributed by atoms with E-state index in [2.05, 4.69) is 20.9 Å². The molecule has 1 aromatic carbocycles. The van der Waals surface area contributed by atoms with Crippen LogP contribution >= 0.6 is 11.3 Å². The van der Waals surface area contributed by atoms with Crippen LogP contribution in [0.5, 0.6) is 5.75 Å². The smallest absolute Gasteiger partial charge is 0.306 e. The summed E-state index contributed by atoms with van der Waals surface area (Å²) in [6, 6.07) is 2.92. The van der Waals surface area contributed by atoms with Gasteiger partial charge in [-0.2, -0.15) is 0 Å². The SMILES string of the molecule is CC[C@H](C)[C@H](NC(=O)CCCCCNC)C(=O)N(C)[C@H](C[C@@H](OC(C)=O)c1nc(C(=O)N[C@@H](Cc2ccc(O)c(N)c2)CC(C)C(=O)O)cs1)C(C)C. The number of esters is 1. The topological polar surface area (TPSA) is 213 Å². The fourth-order valence-corrected chi connectivity index (χ4v) is 6.95. The van der Waals surface area contributed by atoms with Crippen LogP contribution in [0.1, 0.15) is 114 Å². The quantitative estimate of drug-likeness (QED) is 0.0396. The molecule has 15 heteroatoms. The van der Waals surface area contributed by atoms with E-state index in [9.17, 15) is 34.2 Å². The lowest BCUT2D eigenvalue weighted by Gasteiger charge is -2.37. The minimum atomic E-state index is -1.01. The molecule has 2 aromatic rings. The van der Waals surface area contributed by atoms with Gasteiger partial charge in [-0.25, -0.2) is 4.98 Å². The molecule has 6 atom stereocenters. The number of carbonyl (C=O) groups excluding carboxylic acids is 4. The zero-order valence-electron chi connectivity index (χ0n) is 32.4. The lowest BCUT2D eigenvalue weighted by molar-refractivity contribution is -0.149. The maximum atomic E-state index is 14.0. The Labute approximate surface area is 317 Å². The van der Waals surface area contributed by atoms with Crippen molar-refractivity contribution >= 4 is 46.7 Å². The molecule has 0 saturated carbocycles. The number of aliphatic carboxylic acids is 1. The van der Waals surface area contributed by atoms with Crippen LogP contribution in [0, 0.1) is 17.8 Å². The number of aromatic nitrogens is 1. The third-order valence-electron chi connectivity index (χ3n) is 9.50. The van der Waals surface area contributed by atoms with Crippen LogP contribution in [-0.4, -0.2) is 88.5 Å². The van der Waals surface area contributed by atoms with Crippen LogP contribution in [-0.2, 0) is 30.3 Å². The molecular weight excluding hydrogens is 701 g/mol. The highest BCUT2D eigenvalue weighted by molar-refractivity contribution is 7.09. The summed E-state index contributed by atoms with van der Waals surface area (Å²) in [6.07, 6.45) is 3.32. The second-order valence-corrected chi connectivity index (χ2v) is 15.1. The van der Waals surface area contributed by atoms with Crippen molar-refractivity contribution in [3.63, 3.8) is 0 Å². The van der Waals surface area contributed by atoms with Crippen LogP contribution in [0.15, 0.2) is 23.6 Å². The molecule has 0 radical (unpaired) electrons. The Morgan fingerprint density at radius 3 is 2.32 bits per heavy atom. The number of nitrogens with two attached hydrogens (primary N) is 1. The number of anilines is 1. The van der Waals surface area contributed by atoms with E-state index in [1.165, 1.54) is 13.0 Å². The molecular formula is C38H60N6O8S. The van der Waals surface area contributed by atoms with E-state index in [-0.39, 0.29) is 60.0 Å². The van der Waals surface area contributed by atoms with Crippen molar-refractivity contribution in [2.75, 3.05) is 26.4 Å². The fraction of sp³-hybridized carbons (Fsp3) is 0.632. The van der Waals surface area contributed by atoms with Crippen molar-refractivity contribution in [1.29, 1.82) is 0 Å². The number of likely N-dealkylation sites (N-methyl/N-ethyl adjacent to an activating group) is 1. The van der Waals surface area contributed by atoms with E-state index in [1.807, 2.05) is 34.7 Å². The van der Waals surface area contributed by atoms with Gasteiger partial charge in [-0.15, -0.1) is 11.3 Å². The van der Waals surface area contributed by atoms with Crippen molar-refractivity contribution in [1.82, 2.24) is 25.8 Å². The van der Waals surface area contributed by atoms with Gasteiger partial charge in [0.2, 0.25) is 11.8 Å². The predicted octanol–water partition coefficient (Wildman–Crippen LogP) is 4.67. The normalized spacial score (nSPS) is 14.7. The van der Waals surface area contributed by atoms with E-state index in [4.69, 9.17) is 10.5 Å². The van der Waals surface area contributed by atoms with Gasteiger partial charge in [-0.1, -0.05) is 53.5 Å². The summed E-state index contributed by atoms with van der Waals surface area (Å²) in [5.74, 6) is -3.53. The fourth-order valence-electron chi connectivity index (χ4n) is 6.11. The molecule has 14 nitrogen and oxygen atoms in total. The Morgan fingerprint density at radius 2 is 1.74 bits per heavy atom. The minimum Gasteiger partial charge on any atom is -0.506 e. The van der Waals surface area contributed by atoms with E-state index in [0.717, 1.165) is 37.1 Å².